The molecule has 1 aromatic carbocycles. The van der Waals surface area contributed by atoms with Crippen LogP contribution < -0.4 is 0 Å². The lowest BCUT2D eigenvalue weighted by Gasteiger charge is -2.45. The molecular weight excluding hydrogens is 436 g/mol. The predicted octanol–water partition coefficient (Wildman–Crippen LogP) is 3.44. The van der Waals surface area contributed by atoms with Gasteiger partial charge in [0.25, 0.3) is 0 Å². The fraction of sp³-hybridized carbons (Fsp3) is 0.731. The SMILES string of the molecule is CCN(CC)CCN(C)C(=O)CC[C@@H]1CN(Cc2ccc(Cl)cc2)CC[C@@H]1N1CCOCC1. The predicted molar refractivity (Wildman–Crippen MR) is 136 cm³/mol. The van der Waals surface area contributed by atoms with Crippen molar-refractivity contribution in [3.63, 3.8) is 0 Å². The van der Waals surface area contributed by atoms with Gasteiger partial charge in [-0.3, -0.25) is 14.6 Å². The van der Waals surface area contributed by atoms with E-state index in [9.17, 15) is 4.79 Å². The maximum Gasteiger partial charge on any atom is 0.222 e. The molecule has 0 N–H and O–H groups in total. The van der Waals surface area contributed by atoms with E-state index < -0.39 is 0 Å². The summed E-state index contributed by atoms with van der Waals surface area (Å²) >= 11 is 6.07. The molecule has 6 nitrogen and oxygen atoms in total. The maximum absolute atomic E-state index is 12.9. The van der Waals surface area contributed by atoms with E-state index in [1.165, 1.54) is 5.56 Å². The number of benzene rings is 1. The molecule has 0 spiro atoms. The molecular formula is C26H43ClN4O2. The van der Waals surface area contributed by atoms with Gasteiger partial charge in [-0.25, -0.2) is 0 Å². The molecule has 1 amide bonds. The number of piperidine rings is 1. The van der Waals surface area contributed by atoms with Gasteiger partial charge in [0.2, 0.25) is 5.91 Å². The normalized spacial score (nSPS) is 22.6. The molecule has 0 unspecified atom stereocenters. The topological polar surface area (TPSA) is 39.3 Å². The molecule has 1 aromatic rings. The van der Waals surface area contributed by atoms with E-state index in [1.54, 1.807) is 0 Å². The van der Waals surface area contributed by atoms with E-state index in [0.29, 0.717) is 18.4 Å². The molecule has 33 heavy (non-hydrogen) atoms. The van der Waals surface area contributed by atoms with Crippen LogP contribution in [0.4, 0.5) is 0 Å². The van der Waals surface area contributed by atoms with E-state index in [4.69, 9.17) is 16.3 Å². The number of morpholine rings is 1. The molecule has 2 fully saturated rings. The number of carbonyl (C=O) groups is 1. The lowest BCUT2D eigenvalue weighted by Crippen LogP contribution is -2.54. The van der Waals surface area contributed by atoms with E-state index in [-0.39, 0.29) is 5.91 Å². The van der Waals surface area contributed by atoms with Gasteiger partial charge in [0.1, 0.15) is 0 Å². The fourth-order valence-corrected chi connectivity index (χ4v) is 5.34. The van der Waals surface area contributed by atoms with Crippen molar-refractivity contribution in [1.82, 2.24) is 19.6 Å². The van der Waals surface area contributed by atoms with Gasteiger partial charge in [0.05, 0.1) is 13.2 Å². The van der Waals surface area contributed by atoms with E-state index in [1.807, 2.05) is 24.1 Å². The van der Waals surface area contributed by atoms with Gasteiger partial charge in [-0.05, 0) is 56.1 Å². The van der Waals surface area contributed by atoms with E-state index in [2.05, 4.69) is 40.7 Å². The second kappa shape index (κ2) is 13.6. The number of ether oxygens (including phenoxy) is 1. The van der Waals surface area contributed by atoms with Crippen molar-refractivity contribution >= 4 is 17.5 Å². The zero-order valence-corrected chi connectivity index (χ0v) is 21.6. The molecule has 2 saturated heterocycles. The van der Waals surface area contributed by atoms with Gasteiger partial charge in [0.15, 0.2) is 0 Å². The minimum absolute atomic E-state index is 0.276. The Balaban J connectivity index is 1.57. The highest BCUT2D eigenvalue weighted by molar-refractivity contribution is 6.30. The highest BCUT2D eigenvalue weighted by Crippen LogP contribution is 2.28. The van der Waals surface area contributed by atoms with Crippen LogP contribution in [0, 0.1) is 5.92 Å². The number of hydrogen-bond acceptors (Lipinski definition) is 5. The fourth-order valence-electron chi connectivity index (χ4n) is 5.22. The van der Waals surface area contributed by atoms with E-state index in [0.717, 1.165) is 90.0 Å². The van der Waals surface area contributed by atoms with Crippen molar-refractivity contribution in [2.24, 2.45) is 5.92 Å². The summed E-state index contributed by atoms with van der Waals surface area (Å²) in [6, 6.07) is 8.74. The van der Waals surface area contributed by atoms with Gasteiger partial charge in [0, 0.05) is 63.8 Å². The van der Waals surface area contributed by atoms with Gasteiger partial charge in [-0.15, -0.1) is 0 Å². The molecule has 0 radical (unpaired) electrons. The molecule has 7 heteroatoms. The number of likely N-dealkylation sites (N-methyl/N-ethyl adjacent to an activating group) is 2. The van der Waals surface area contributed by atoms with Crippen LogP contribution in [0.15, 0.2) is 24.3 Å². The summed E-state index contributed by atoms with van der Waals surface area (Å²) in [5.41, 5.74) is 1.30. The first-order valence-corrected chi connectivity index (χ1v) is 13.1. The molecule has 3 rings (SSSR count). The van der Waals surface area contributed by atoms with Gasteiger partial charge in [-0.2, -0.15) is 0 Å². The summed E-state index contributed by atoms with van der Waals surface area (Å²) in [7, 11) is 1.96. The van der Waals surface area contributed by atoms with Gasteiger partial charge in [-0.1, -0.05) is 37.6 Å². The summed E-state index contributed by atoms with van der Waals surface area (Å²) in [5, 5.41) is 0.784. The van der Waals surface area contributed by atoms with Gasteiger partial charge >= 0.3 is 0 Å². The number of hydrogen-bond donors (Lipinski definition) is 0. The average molecular weight is 479 g/mol. The van der Waals surface area contributed by atoms with Crippen molar-refractivity contribution in [2.75, 3.05) is 72.6 Å². The first-order valence-electron chi connectivity index (χ1n) is 12.7. The van der Waals surface area contributed by atoms with E-state index >= 15 is 0 Å². The quantitative estimate of drug-likeness (QED) is 0.487. The second-order valence-corrected chi connectivity index (χ2v) is 9.94. The van der Waals surface area contributed by atoms with Crippen molar-refractivity contribution in [2.45, 2.75) is 45.7 Å². The smallest absolute Gasteiger partial charge is 0.222 e. The van der Waals surface area contributed by atoms with Crippen molar-refractivity contribution in [3.8, 4) is 0 Å². The number of likely N-dealkylation sites (tertiary alicyclic amines) is 1. The van der Waals surface area contributed by atoms with Crippen molar-refractivity contribution in [1.29, 1.82) is 0 Å². The Bertz CT molecular complexity index is 707. The Labute approximate surface area is 205 Å². The number of nitrogens with zero attached hydrogens (tertiary/aromatic N) is 4. The van der Waals surface area contributed by atoms with Crippen LogP contribution in [-0.4, -0.2) is 104 Å². The molecule has 2 aliphatic heterocycles. The van der Waals surface area contributed by atoms with Crippen LogP contribution in [0.1, 0.15) is 38.7 Å². The second-order valence-electron chi connectivity index (χ2n) is 9.51. The minimum atomic E-state index is 0.276. The van der Waals surface area contributed by atoms with Crippen LogP contribution in [0.25, 0.3) is 0 Å². The Kier molecular flexibility index (Phi) is 10.9. The highest BCUT2D eigenvalue weighted by atomic mass is 35.5. The van der Waals surface area contributed by atoms with Gasteiger partial charge < -0.3 is 14.5 Å². The van der Waals surface area contributed by atoms with Crippen molar-refractivity contribution in [3.05, 3.63) is 34.9 Å². The Morgan fingerprint density at radius 1 is 1.09 bits per heavy atom. The molecule has 186 valence electrons. The zero-order valence-electron chi connectivity index (χ0n) is 20.8. The Hall–Kier alpha value is -1.18. The Morgan fingerprint density at radius 2 is 1.79 bits per heavy atom. The van der Waals surface area contributed by atoms with Crippen LogP contribution >= 0.6 is 11.6 Å². The monoisotopic (exact) mass is 478 g/mol. The number of halogens is 1. The molecule has 0 aliphatic carbocycles. The number of amides is 1. The minimum Gasteiger partial charge on any atom is -0.379 e. The largest absolute Gasteiger partial charge is 0.379 e. The average Bonchev–Trinajstić information content (AvgIpc) is 2.85. The molecule has 0 saturated carbocycles. The number of carbonyl (C=O) groups excluding carboxylic acids is 1. The van der Waals surface area contributed by atoms with Crippen molar-refractivity contribution < 1.29 is 9.53 Å². The standard InChI is InChI=1S/C26H43ClN4O2/c1-4-29(5-2)15-14-28(3)26(32)11-8-23-21-30(20-22-6-9-24(27)10-7-22)13-12-25(23)31-16-18-33-19-17-31/h6-7,9-10,23,25H,4-5,8,11-21H2,1-3H3/t23-,25+/m1/s1. The summed E-state index contributed by atoms with van der Waals surface area (Å²) in [6.07, 6.45) is 2.74. The third-order valence-electron chi connectivity index (χ3n) is 7.41. The summed E-state index contributed by atoms with van der Waals surface area (Å²) < 4.78 is 5.60. The third kappa shape index (κ3) is 8.22. The molecule has 2 aliphatic rings. The maximum atomic E-state index is 12.9. The van der Waals surface area contributed by atoms with Crippen LogP contribution in [-0.2, 0) is 16.1 Å². The Morgan fingerprint density at radius 3 is 2.45 bits per heavy atom. The summed E-state index contributed by atoms with van der Waals surface area (Å²) in [4.78, 5) is 22.4. The summed E-state index contributed by atoms with van der Waals surface area (Å²) in [5.74, 6) is 0.780. The summed E-state index contributed by atoms with van der Waals surface area (Å²) in [6.45, 7) is 14.9. The van der Waals surface area contributed by atoms with Crippen LogP contribution in [0.3, 0.4) is 0 Å². The highest BCUT2D eigenvalue weighted by Gasteiger charge is 2.34. The van der Waals surface area contributed by atoms with Crippen LogP contribution in [0.2, 0.25) is 5.02 Å². The first-order chi connectivity index (χ1) is 16.0. The molecule has 2 heterocycles. The molecule has 0 bridgehead atoms. The lowest BCUT2D eigenvalue weighted by atomic mass is 9.86. The van der Waals surface area contributed by atoms with Crippen LogP contribution in [0.5, 0.6) is 0 Å². The molecule has 0 aromatic heterocycles. The lowest BCUT2D eigenvalue weighted by molar-refractivity contribution is -0.130. The third-order valence-corrected chi connectivity index (χ3v) is 7.66. The molecule has 2 atom stereocenters. The first kappa shape index (κ1) is 26.4. The number of rotatable bonds is 11. The zero-order chi connectivity index (χ0) is 23.6.